The summed E-state index contributed by atoms with van der Waals surface area (Å²) in [4.78, 5) is 15.4. The van der Waals surface area contributed by atoms with Crippen LogP contribution in [0.4, 0.5) is 11.4 Å². The van der Waals surface area contributed by atoms with Gasteiger partial charge in [0.15, 0.2) is 0 Å². The van der Waals surface area contributed by atoms with E-state index in [0.29, 0.717) is 12.3 Å². The number of benzene rings is 2. The highest BCUT2D eigenvalue weighted by Crippen LogP contribution is 2.28. The Morgan fingerprint density at radius 2 is 2.00 bits per heavy atom. The molecule has 0 saturated heterocycles. The fourth-order valence-electron chi connectivity index (χ4n) is 2.74. The molecule has 4 nitrogen and oxygen atoms in total. The number of thioether (sulfide) groups is 1. The maximum Gasteiger partial charge on any atom is 0.243 e. The second kappa shape index (κ2) is 7.21. The Labute approximate surface area is 140 Å². The van der Waals surface area contributed by atoms with E-state index in [9.17, 15) is 4.79 Å². The van der Waals surface area contributed by atoms with E-state index in [1.54, 1.807) is 0 Å². The summed E-state index contributed by atoms with van der Waals surface area (Å²) in [5, 5.41) is 11.7. The molecule has 1 aliphatic heterocycles. The summed E-state index contributed by atoms with van der Waals surface area (Å²) in [6.45, 7) is 1.21. The fraction of sp³-hybridized carbons (Fsp3) is 0.222. The van der Waals surface area contributed by atoms with Crippen LogP contribution in [-0.2, 0) is 11.2 Å². The highest BCUT2D eigenvalue weighted by atomic mass is 32.2. The van der Waals surface area contributed by atoms with Gasteiger partial charge in [-0.15, -0.1) is 11.8 Å². The van der Waals surface area contributed by atoms with Crippen LogP contribution in [0.1, 0.15) is 5.56 Å². The van der Waals surface area contributed by atoms with Gasteiger partial charge in [-0.05, 0) is 30.2 Å². The van der Waals surface area contributed by atoms with Crippen molar-refractivity contribution in [2.75, 3.05) is 29.1 Å². The smallest absolute Gasteiger partial charge is 0.243 e. The molecule has 0 aliphatic carbocycles. The molecule has 0 radical (unpaired) electrons. The van der Waals surface area contributed by atoms with Gasteiger partial charge in [0, 0.05) is 17.1 Å². The van der Waals surface area contributed by atoms with Crippen molar-refractivity contribution < 1.29 is 4.79 Å². The number of nitrogens with zero attached hydrogens (tertiary/aromatic N) is 2. The van der Waals surface area contributed by atoms with Crippen LogP contribution in [0.5, 0.6) is 0 Å². The molecule has 0 fully saturated rings. The van der Waals surface area contributed by atoms with Crippen molar-refractivity contribution in [1.82, 2.24) is 0 Å². The summed E-state index contributed by atoms with van der Waals surface area (Å²) in [5.74, 6) is 0.332. The molecule has 5 heteroatoms. The standard InChI is InChI=1S/C18H17N3OS/c19-10-12-23-17-8-4-2-6-15(17)20-18(22)13-21-11-9-14-5-1-3-7-16(14)21/h1-8H,9,11-13H2,(H,20,22). The molecule has 3 rings (SSSR count). The molecule has 1 N–H and O–H groups in total. The number of nitriles is 1. The Morgan fingerprint density at radius 3 is 2.87 bits per heavy atom. The normalized spacial score (nSPS) is 12.6. The van der Waals surface area contributed by atoms with E-state index in [0.717, 1.165) is 29.2 Å². The lowest BCUT2D eigenvalue weighted by atomic mass is 10.2. The van der Waals surface area contributed by atoms with Gasteiger partial charge in [0.2, 0.25) is 5.91 Å². The minimum atomic E-state index is -0.0355. The molecule has 1 aliphatic rings. The van der Waals surface area contributed by atoms with Crippen LogP contribution in [0.3, 0.4) is 0 Å². The summed E-state index contributed by atoms with van der Waals surface area (Å²) in [5.41, 5.74) is 3.21. The van der Waals surface area contributed by atoms with Gasteiger partial charge in [-0.25, -0.2) is 0 Å². The fourth-order valence-corrected chi connectivity index (χ4v) is 3.41. The summed E-state index contributed by atoms with van der Waals surface area (Å²) in [6.07, 6.45) is 0.984. The summed E-state index contributed by atoms with van der Waals surface area (Å²) in [7, 11) is 0. The molecule has 1 amide bonds. The lowest BCUT2D eigenvalue weighted by Gasteiger charge is -2.19. The third-order valence-electron chi connectivity index (χ3n) is 3.77. The zero-order valence-electron chi connectivity index (χ0n) is 12.7. The highest BCUT2D eigenvalue weighted by molar-refractivity contribution is 7.99. The largest absolute Gasteiger partial charge is 0.362 e. The Morgan fingerprint density at radius 1 is 1.22 bits per heavy atom. The van der Waals surface area contributed by atoms with Crippen LogP contribution >= 0.6 is 11.8 Å². The van der Waals surface area contributed by atoms with Gasteiger partial charge in [-0.1, -0.05) is 30.3 Å². The van der Waals surface area contributed by atoms with E-state index in [-0.39, 0.29) is 5.91 Å². The second-order valence-electron chi connectivity index (χ2n) is 5.29. The number of para-hydroxylation sites is 2. The van der Waals surface area contributed by atoms with Gasteiger partial charge < -0.3 is 10.2 Å². The highest BCUT2D eigenvalue weighted by Gasteiger charge is 2.20. The maximum absolute atomic E-state index is 12.4. The maximum atomic E-state index is 12.4. The number of amides is 1. The lowest BCUT2D eigenvalue weighted by molar-refractivity contribution is -0.115. The average Bonchev–Trinajstić information content (AvgIpc) is 2.97. The van der Waals surface area contributed by atoms with E-state index in [1.165, 1.54) is 17.3 Å². The first kappa shape index (κ1) is 15.4. The number of hydrogen-bond donors (Lipinski definition) is 1. The molecule has 0 unspecified atom stereocenters. The topological polar surface area (TPSA) is 56.1 Å². The molecular formula is C18H17N3OS. The first-order valence-corrected chi connectivity index (χ1v) is 8.48. The van der Waals surface area contributed by atoms with E-state index in [1.807, 2.05) is 36.4 Å². The van der Waals surface area contributed by atoms with Crippen LogP contribution < -0.4 is 10.2 Å². The Bertz CT molecular complexity index is 754. The van der Waals surface area contributed by atoms with Crippen LogP contribution in [0.2, 0.25) is 0 Å². The number of nitrogens with one attached hydrogen (secondary N) is 1. The third kappa shape index (κ3) is 3.66. The van der Waals surface area contributed by atoms with Gasteiger partial charge in [0.25, 0.3) is 0 Å². The number of hydrogen-bond acceptors (Lipinski definition) is 4. The number of anilines is 2. The molecule has 2 aromatic carbocycles. The molecule has 23 heavy (non-hydrogen) atoms. The van der Waals surface area contributed by atoms with Gasteiger partial charge in [0.1, 0.15) is 0 Å². The zero-order chi connectivity index (χ0) is 16.1. The van der Waals surface area contributed by atoms with E-state index >= 15 is 0 Å². The summed E-state index contributed by atoms with van der Waals surface area (Å²) in [6, 6.07) is 17.9. The van der Waals surface area contributed by atoms with Crippen molar-refractivity contribution in [3.8, 4) is 6.07 Å². The van der Waals surface area contributed by atoms with E-state index in [4.69, 9.17) is 5.26 Å². The molecular weight excluding hydrogens is 306 g/mol. The molecule has 116 valence electrons. The number of carbonyl (C=O) groups is 1. The van der Waals surface area contributed by atoms with Gasteiger partial charge in [0.05, 0.1) is 24.1 Å². The Kier molecular flexibility index (Phi) is 4.84. The number of fused-ring (bicyclic) bond motifs is 1. The first-order chi connectivity index (χ1) is 11.3. The van der Waals surface area contributed by atoms with Crippen LogP contribution in [0.15, 0.2) is 53.4 Å². The SMILES string of the molecule is N#CCSc1ccccc1NC(=O)CN1CCc2ccccc21. The lowest BCUT2D eigenvalue weighted by Crippen LogP contribution is -2.32. The quantitative estimate of drug-likeness (QED) is 0.858. The summed E-state index contributed by atoms with van der Waals surface area (Å²) >= 11 is 1.43. The van der Waals surface area contributed by atoms with Crippen LogP contribution in [-0.4, -0.2) is 24.7 Å². The molecule has 0 saturated carbocycles. The second-order valence-corrected chi connectivity index (χ2v) is 6.31. The van der Waals surface area contributed by atoms with Crippen molar-refractivity contribution in [3.63, 3.8) is 0 Å². The zero-order valence-corrected chi connectivity index (χ0v) is 13.5. The van der Waals surface area contributed by atoms with Crippen molar-refractivity contribution >= 4 is 29.0 Å². The van der Waals surface area contributed by atoms with Crippen molar-refractivity contribution in [3.05, 3.63) is 54.1 Å². The molecule has 0 atom stereocenters. The minimum Gasteiger partial charge on any atom is -0.362 e. The van der Waals surface area contributed by atoms with Crippen molar-refractivity contribution in [1.29, 1.82) is 5.26 Å². The third-order valence-corrected chi connectivity index (χ3v) is 4.71. The Balaban J connectivity index is 1.66. The number of rotatable bonds is 5. The average molecular weight is 323 g/mol. The predicted molar refractivity (Wildman–Crippen MR) is 93.8 cm³/mol. The van der Waals surface area contributed by atoms with Gasteiger partial charge in [-0.3, -0.25) is 4.79 Å². The summed E-state index contributed by atoms with van der Waals surface area (Å²) < 4.78 is 0. The predicted octanol–water partition coefficient (Wildman–Crippen LogP) is 3.30. The molecule has 2 aromatic rings. The van der Waals surface area contributed by atoms with Crippen LogP contribution in [0.25, 0.3) is 0 Å². The van der Waals surface area contributed by atoms with Gasteiger partial charge in [-0.2, -0.15) is 5.26 Å². The Hall–Kier alpha value is -2.45. The molecule has 0 aromatic heterocycles. The van der Waals surface area contributed by atoms with E-state index in [2.05, 4.69) is 28.4 Å². The first-order valence-electron chi connectivity index (χ1n) is 7.49. The molecule has 0 bridgehead atoms. The minimum absolute atomic E-state index is 0.0355. The van der Waals surface area contributed by atoms with Crippen LogP contribution in [0, 0.1) is 11.3 Å². The van der Waals surface area contributed by atoms with Gasteiger partial charge >= 0.3 is 0 Å². The molecule has 1 heterocycles. The van der Waals surface area contributed by atoms with E-state index < -0.39 is 0 Å². The molecule has 0 spiro atoms. The van der Waals surface area contributed by atoms with Crippen molar-refractivity contribution in [2.45, 2.75) is 11.3 Å². The number of carbonyl (C=O) groups excluding carboxylic acids is 1. The van der Waals surface area contributed by atoms with Crippen molar-refractivity contribution in [2.24, 2.45) is 0 Å². The monoisotopic (exact) mass is 323 g/mol.